The van der Waals surface area contributed by atoms with Crippen LogP contribution < -0.4 is 10.1 Å². The number of anilines is 1. The summed E-state index contributed by atoms with van der Waals surface area (Å²) in [6.07, 6.45) is 6.24. The van der Waals surface area contributed by atoms with Crippen LogP contribution in [-0.2, 0) is 6.61 Å². The van der Waals surface area contributed by atoms with Crippen LogP contribution in [0.4, 0.5) is 5.82 Å². The lowest BCUT2D eigenvalue weighted by atomic mass is 10.1. The van der Waals surface area contributed by atoms with Gasteiger partial charge in [0.15, 0.2) is 6.61 Å². The van der Waals surface area contributed by atoms with Gasteiger partial charge >= 0.3 is 0 Å². The van der Waals surface area contributed by atoms with Crippen molar-refractivity contribution in [1.29, 1.82) is 0 Å². The number of benzene rings is 1. The summed E-state index contributed by atoms with van der Waals surface area (Å²) in [7, 11) is 0. The predicted molar refractivity (Wildman–Crippen MR) is 109 cm³/mol. The Balaban J connectivity index is 1.39. The Bertz CT molecular complexity index is 1020. The summed E-state index contributed by atoms with van der Waals surface area (Å²) in [5, 5.41) is 7.41. The molecule has 4 rings (SSSR count). The highest BCUT2D eigenvalue weighted by Crippen LogP contribution is 2.23. The standard InChI is InChI=1S/C22H21N5O2/c1-2-19(16-10-12-23-13-11-16)25-20-9-8-17(14-24-20)22-26-21(27-29-22)15-28-18-6-4-3-5-7-18/h3-14,19H,2,15H2,1H3,(H,24,25). The van der Waals surface area contributed by atoms with E-state index in [0.29, 0.717) is 11.7 Å². The fourth-order valence-corrected chi connectivity index (χ4v) is 2.90. The summed E-state index contributed by atoms with van der Waals surface area (Å²) >= 11 is 0. The van der Waals surface area contributed by atoms with Crippen molar-refractivity contribution in [3.05, 3.63) is 84.6 Å². The lowest BCUT2D eigenvalue weighted by Crippen LogP contribution is -2.10. The van der Waals surface area contributed by atoms with Crippen molar-refractivity contribution in [3.63, 3.8) is 0 Å². The van der Waals surface area contributed by atoms with Crippen LogP contribution in [0.2, 0.25) is 0 Å². The molecular formula is C22H21N5O2. The molecule has 0 saturated carbocycles. The maximum Gasteiger partial charge on any atom is 0.259 e. The molecule has 29 heavy (non-hydrogen) atoms. The Morgan fingerprint density at radius 2 is 1.86 bits per heavy atom. The first kappa shape index (κ1) is 18.6. The highest BCUT2D eigenvalue weighted by atomic mass is 16.5. The van der Waals surface area contributed by atoms with Crippen molar-refractivity contribution in [3.8, 4) is 17.2 Å². The first-order valence-electron chi connectivity index (χ1n) is 9.45. The second kappa shape index (κ2) is 8.97. The molecule has 0 radical (unpaired) electrons. The zero-order chi connectivity index (χ0) is 19.9. The molecule has 7 nitrogen and oxygen atoms in total. The predicted octanol–water partition coefficient (Wildman–Crippen LogP) is 4.67. The molecule has 7 heteroatoms. The van der Waals surface area contributed by atoms with E-state index in [9.17, 15) is 0 Å². The van der Waals surface area contributed by atoms with E-state index in [1.807, 2.05) is 54.6 Å². The van der Waals surface area contributed by atoms with Gasteiger partial charge in [0, 0.05) is 18.6 Å². The Labute approximate surface area is 168 Å². The summed E-state index contributed by atoms with van der Waals surface area (Å²) in [6, 6.07) is 17.5. The third kappa shape index (κ3) is 4.76. The van der Waals surface area contributed by atoms with Crippen molar-refractivity contribution < 1.29 is 9.26 Å². The highest BCUT2D eigenvalue weighted by Gasteiger charge is 2.12. The second-order valence-corrected chi connectivity index (χ2v) is 6.44. The maximum atomic E-state index is 5.64. The molecule has 146 valence electrons. The zero-order valence-electron chi connectivity index (χ0n) is 16.0. The summed E-state index contributed by atoms with van der Waals surface area (Å²) in [4.78, 5) is 12.9. The molecule has 3 aromatic heterocycles. The van der Waals surface area contributed by atoms with Gasteiger partial charge in [-0.3, -0.25) is 4.98 Å². The van der Waals surface area contributed by atoms with E-state index in [-0.39, 0.29) is 12.6 Å². The summed E-state index contributed by atoms with van der Waals surface area (Å²) in [6.45, 7) is 2.37. The molecule has 0 aliphatic rings. The molecule has 1 N–H and O–H groups in total. The molecule has 0 bridgehead atoms. The van der Waals surface area contributed by atoms with Gasteiger partial charge in [-0.1, -0.05) is 30.3 Å². The highest BCUT2D eigenvalue weighted by molar-refractivity contribution is 5.54. The van der Waals surface area contributed by atoms with Gasteiger partial charge in [-0.2, -0.15) is 4.98 Å². The topological polar surface area (TPSA) is 86.0 Å². The molecule has 0 fully saturated rings. The van der Waals surface area contributed by atoms with E-state index in [2.05, 4.69) is 32.3 Å². The normalized spacial score (nSPS) is 11.8. The molecule has 1 aromatic carbocycles. The van der Waals surface area contributed by atoms with Crippen LogP contribution in [0.3, 0.4) is 0 Å². The SMILES string of the molecule is CCC(Nc1ccc(-c2nc(COc3ccccc3)no2)cn1)c1ccncc1. The van der Waals surface area contributed by atoms with Crippen LogP contribution in [0.1, 0.15) is 30.8 Å². The molecular weight excluding hydrogens is 366 g/mol. The van der Waals surface area contributed by atoms with Crippen LogP contribution in [0.25, 0.3) is 11.5 Å². The molecule has 0 aliphatic carbocycles. The minimum absolute atomic E-state index is 0.168. The average Bonchev–Trinajstić information content (AvgIpc) is 3.27. The lowest BCUT2D eigenvalue weighted by Gasteiger charge is -2.17. The third-order valence-corrected chi connectivity index (χ3v) is 4.43. The van der Waals surface area contributed by atoms with Gasteiger partial charge in [0.25, 0.3) is 5.89 Å². The Hall–Kier alpha value is -3.74. The van der Waals surface area contributed by atoms with E-state index < -0.39 is 0 Å². The summed E-state index contributed by atoms with van der Waals surface area (Å²) < 4.78 is 11.0. The lowest BCUT2D eigenvalue weighted by molar-refractivity contribution is 0.287. The smallest absolute Gasteiger partial charge is 0.259 e. The maximum absolute atomic E-state index is 5.64. The van der Waals surface area contributed by atoms with Crippen molar-refractivity contribution in [2.45, 2.75) is 26.0 Å². The molecule has 4 aromatic rings. The zero-order valence-corrected chi connectivity index (χ0v) is 16.0. The third-order valence-electron chi connectivity index (χ3n) is 4.43. The number of nitrogens with one attached hydrogen (secondary N) is 1. The number of hydrogen-bond acceptors (Lipinski definition) is 7. The van der Waals surface area contributed by atoms with Crippen LogP contribution in [-0.4, -0.2) is 20.1 Å². The van der Waals surface area contributed by atoms with Crippen LogP contribution in [0, 0.1) is 0 Å². The van der Waals surface area contributed by atoms with Crippen LogP contribution >= 0.6 is 0 Å². The van der Waals surface area contributed by atoms with Crippen molar-refractivity contribution in [2.75, 3.05) is 5.32 Å². The van der Waals surface area contributed by atoms with Gasteiger partial charge in [-0.05, 0) is 48.4 Å². The Morgan fingerprint density at radius 3 is 2.59 bits per heavy atom. The van der Waals surface area contributed by atoms with Gasteiger partial charge in [0.2, 0.25) is 5.82 Å². The van der Waals surface area contributed by atoms with Crippen molar-refractivity contribution in [2.24, 2.45) is 0 Å². The minimum Gasteiger partial charge on any atom is -0.485 e. The summed E-state index contributed by atoms with van der Waals surface area (Å²) in [5.74, 6) is 2.44. The van der Waals surface area contributed by atoms with Gasteiger partial charge in [-0.25, -0.2) is 4.98 Å². The van der Waals surface area contributed by atoms with E-state index >= 15 is 0 Å². The minimum atomic E-state index is 0.168. The Morgan fingerprint density at radius 1 is 1.03 bits per heavy atom. The molecule has 0 saturated heterocycles. The largest absolute Gasteiger partial charge is 0.485 e. The van der Waals surface area contributed by atoms with Crippen molar-refractivity contribution >= 4 is 5.82 Å². The van der Waals surface area contributed by atoms with Gasteiger partial charge in [-0.15, -0.1) is 0 Å². The fraction of sp³-hybridized carbons (Fsp3) is 0.182. The van der Waals surface area contributed by atoms with Crippen LogP contribution in [0.5, 0.6) is 5.75 Å². The average molecular weight is 387 g/mol. The van der Waals surface area contributed by atoms with E-state index in [1.165, 1.54) is 5.56 Å². The van der Waals surface area contributed by atoms with Crippen molar-refractivity contribution in [1.82, 2.24) is 20.1 Å². The van der Waals surface area contributed by atoms with Gasteiger partial charge in [0.05, 0.1) is 11.6 Å². The molecule has 0 aliphatic heterocycles. The number of aromatic nitrogens is 4. The van der Waals surface area contributed by atoms with Gasteiger partial charge < -0.3 is 14.6 Å². The number of pyridine rings is 2. The number of hydrogen-bond donors (Lipinski definition) is 1. The number of para-hydroxylation sites is 1. The molecule has 1 unspecified atom stereocenters. The Kier molecular flexibility index (Phi) is 5.76. The molecule has 0 amide bonds. The second-order valence-electron chi connectivity index (χ2n) is 6.44. The fourth-order valence-electron chi connectivity index (χ4n) is 2.90. The van der Waals surface area contributed by atoms with E-state index in [1.54, 1.807) is 18.6 Å². The van der Waals surface area contributed by atoms with Gasteiger partial charge in [0.1, 0.15) is 11.6 Å². The summed E-state index contributed by atoms with van der Waals surface area (Å²) in [5.41, 5.74) is 1.93. The number of rotatable bonds is 8. The number of nitrogens with zero attached hydrogens (tertiary/aromatic N) is 4. The quantitative estimate of drug-likeness (QED) is 0.470. The molecule has 0 spiro atoms. The van der Waals surface area contributed by atoms with Crippen LogP contribution in [0.15, 0.2) is 77.7 Å². The molecule has 3 heterocycles. The van der Waals surface area contributed by atoms with E-state index in [4.69, 9.17) is 9.26 Å². The molecule has 1 atom stereocenters. The number of ether oxygens (including phenoxy) is 1. The van der Waals surface area contributed by atoms with E-state index in [0.717, 1.165) is 23.6 Å². The first-order valence-corrected chi connectivity index (χ1v) is 9.45. The first-order chi connectivity index (χ1) is 14.3. The monoisotopic (exact) mass is 387 g/mol.